The van der Waals surface area contributed by atoms with Gasteiger partial charge in [-0.3, -0.25) is 4.98 Å². The lowest BCUT2D eigenvalue weighted by Crippen LogP contribution is -1.90. The number of aromatic nitrogens is 2. The monoisotopic (exact) mass is 223 g/mol. The Bertz CT molecular complexity index is 641. The molecule has 0 aliphatic carbocycles. The van der Waals surface area contributed by atoms with Crippen LogP contribution < -0.4 is 5.32 Å². The minimum atomic E-state index is 1.05. The van der Waals surface area contributed by atoms with Crippen molar-refractivity contribution >= 4 is 22.3 Å². The van der Waals surface area contributed by atoms with Crippen molar-refractivity contribution in [2.75, 3.05) is 5.32 Å². The smallest absolute Gasteiger partial charge is 0.0479 e. The lowest BCUT2D eigenvalue weighted by atomic mass is 10.2. The summed E-state index contributed by atoms with van der Waals surface area (Å²) in [4.78, 5) is 4.00. The molecule has 0 aliphatic rings. The van der Waals surface area contributed by atoms with Crippen LogP contribution in [0, 0.1) is 0 Å². The molecule has 0 fully saturated rings. The quantitative estimate of drug-likeness (QED) is 0.722. The minimum absolute atomic E-state index is 1.05. The molecule has 0 saturated heterocycles. The Morgan fingerprint density at radius 1 is 1.00 bits per heavy atom. The fourth-order valence-electron chi connectivity index (χ4n) is 1.96. The summed E-state index contributed by atoms with van der Waals surface area (Å²) in [5.41, 5.74) is 3.38. The van der Waals surface area contributed by atoms with Gasteiger partial charge in [-0.15, -0.1) is 0 Å². The van der Waals surface area contributed by atoms with Crippen molar-refractivity contribution in [2.24, 2.45) is 7.05 Å². The van der Waals surface area contributed by atoms with Crippen molar-refractivity contribution in [2.45, 2.75) is 0 Å². The Morgan fingerprint density at radius 3 is 2.65 bits per heavy atom. The largest absolute Gasteiger partial charge is 0.355 e. The van der Waals surface area contributed by atoms with Gasteiger partial charge in [-0.2, -0.15) is 0 Å². The van der Waals surface area contributed by atoms with E-state index < -0.39 is 0 Å². The number of rotatable bonds is 2. The number of fused-ring (bicyclic) bond motifs is 1. The molecule has 0 radical (unpaired) electrons. The van der Waals surface area contributed by atoms with Crippen molar-refractivity contribution in [1.29, 1.82) is 0 Å². The summed E-state index contributed by atoms with van der Waals surface area (Å²) in [6.07, 6.45) is 5.63. The van der Waals surface area contributed by atoms with E-state index in [2.05, 4.69) is 52.4 Å². The first-order valence-electron chi connectivity index (χ1n) is 5.55. The van der Waals surface area contributed by atoms with Crippen molar-refractivity contribution in [3.8, 4) is 0 Å². The fraction of sp³-hybridized carbons (Fsp3) is 0.0714. The van der Waals surface area contributed by atoms with Crippen molar-refractivity contribution in [3.63, 3.8) is 0 Å². The zero-order chi connectivity index (χ0) is 11.7. The lowest BCUT2D eigenvalue weighted by molar-refractivity contribution is 0.969. The van der Waals surface area contributed by atoms with E-state index in [0.717, 1.165) is 11.4 Å². The molecule has 2 heterocycles. The van der Waals surface area contributed by atoms with Gasteiger partial charge in [0.15, 0.2) is 0 Å². The van der Waals surface area contributed by atoms with Crippen LogP contribution in [-0.2, 0) is 7.05 Å². The molecule has 3 heteroatoms. The van der Waals surface area contributed by atoms with Crippen LogP contribution in [-0.4, -0.2) is 9.55 Å². The highest BCUT2D eigenvalue weighted by atomic mass is 14.9. The number of benzene rings is 1. The molecule has 0 unspecified atom stereocenters. The van der Waals surface area contributed by atoms with Gasteiger partial charge in [0.25, 0.3) is 0 Å². The summed E-state index contributed by atoms with van der Waals surface area (Å²) in [5.74, 6) is 0. The third-order valence-corrected chi connectivity index (χ3v) is 2.85. The van der Waals surface area contributed by atoms with E-state index in [1.54, 1.807) is 12.4 Å². The topological polar surface area (TPSA) is 29.9 Å². The van der Waals surface area contributed by atoms with E-state index >= 15 is 0 Å². The van der Waals surface area contributed by atoms with E-state index in [-0.39, 0.29) is 0 Å². The van der Waals surface area contributed by atoms with Gasteiger partial charge in [0.2, 0.25) is 0 Å². The predicted octanol–water partition coefficient (Wildman–Crippen LogP) is 3.32. The van der Waals surface area contributed by atoms with Crippen LogP contribution in [0.1, 0.15) is 0 Å². The fourth-order valence-corrected chi connectivity index (χ4v) is 1.96. The molecule has 1 N–H and O–H groups in total. The lowest BCUT2D eigenvalue weighted by Gasteiger charge is -2.06. The number of nitrogens with one attached hydrogen (secondary N) is 1. The number of pyridine rings is 1. The van der Waals surface area contributed by atoms with Gasteiger partial charge in [-0.25, -0.2) is 0 Å². The van der Waals surface area contributed by atoms with E-state index in [4.69, 9.17) is 0 Å². The number of aryl methyl sites for hydroxylation is 1. The molecule has 0 aliphatic heterocycles. The van der Waals surface area contributed by atoms with Gasteiger partial charge in [-0.1, -0.05) is 0 Å². The SMILES string of the molecule is Cn1ccc2cc(Nc3ccncc3)ccc21. The van der Waals surface area contributed by atoms with E-state index in [1.165, 1.54) is 10.9 Å². The molecule has 0 saturated carbocycles. The third kappa shape index (κ3) is 1.87. The Labute approximate surface area is 99.7 Å². The van der Waals surface area contributed by atoms with Gasteiger partial charge >= 0.3 is 0 Å². The molecule has 3 nitrogen and oxygen atoms in total. The highest BCUT2D eigenvalue weighted by Gasteiger charge is 1.99. The van der Waals surface area contributed by atoms with E-state index in [1.807, 2.05) is 12.1 Å². The first kappa shape index (κ1) is 9.90. The van der Waals surface area contributed by atoms with Crippen molar-refractivity contribution in [3.05, 3.63) is 55.0 Å². The Kier molecular flexibility index (Phi) is 2.29. The molecule has 3 aromatic rings. The summed E-state index contributed by atoms with van der Waals surface area (Å²) in [7, 11) is 2.05. The summed E-state index contributed by atoms with van der Waals surface area (Å²) in [6.45, 7) is 0. The Morgan fingerprint density at radius 2 is 1.82 bits per heavy atom. The predicted molar refractivity (Wildman–Crippen MR) is 70.4 cm³/mol. The molecule has 0 spiro atoms. The average molecular weight is 223 g/mol. The molecule has 1 aromatic carbocycles. The molecule has 0 bridgehead atoms. The normalized spacial score (nSPS) is 10.6. The third-order valence-electron chi connectivity index (χ3n) is 2.85. The van der Waals surface area contributed by atoms with Crippen LogP contribution >= 0.6 is 0 Å². The number of nitrogens with zero attached hydrogens (tertiary/aromatic N) is 2. The molecule has 2 aromatic heterocycles. The number of hydrogen-bond acceptors (Lipinski definition) is 2. The first-order valence-corrected chi connectivity index (χ1v) is 5.55. The van der Waals surface area contributed by atoms with Crippen LogP contribution in [0.25, 0.3) is 10.9 Å². The van der Waals surface area contributed by atoms with Gasteiger partial charge in [-0.05, 0) is 36.4 Å². The van der Waals surface area contributed by atoms with Crippen LogP contribution in [0.15, 0.2) is 55.0 Å². The highest BCUT2D eigenvalue weighted by molar-refractivity contribution is 5.84. The Balaban J connectivity index is 1.96. The summed E-state index contributed by atoms with van der Waals surface area (Å²) >= 11 is 0. The van der Waals surface area contributed by atoms with Gasteiger partial charge in [0, 0.05) is 47.9 Å². The zero-order valence-corrected chi connectivity index (χ0v) is 9.59. The molecular formula is C14H13N3. The molecule has 3 rings (SSSR count). The van der Waals surface area contributed by atoms with Crippen molar-refractivity contribution in [1.82, 2.24) is 9.55 Å². The maximum atomic E-state index is 4.00. The summed E-state index contributed by atoms with van der Waals surface area (Å²) < 4.78 is 2.12. The van der Waals surface area contributed by atoms with Crippen LogP contribution in [0.3, 0.4) is 0 Å². The van der Waals surface area contributed by atoms with Crippen molar-refractivity contribution < 1.29 is 0 Å². The molecule has 0 atom stereocenters. The second-order valence-electron chi connectivity index (χ2n) is 4.06. The van der Waals surface area contributed by atoms with Gasteiger partial charge in [0.1, 0.15) is 0 Å². The zero-order valence-electron chi connectivity index (χ0n) is 9.59. The second kappa shape index (κ2) is 3.94. The maximum Gasteiger partial charge on any atom is 0.0479 e. The minimum Gasteiger partial charge on any atom is -0.355 e. The molecule has 17 heavy (non-hydrogen) atoms. The van der Waals surface area contributed by atoms with Gasteiger partial charge < -0.3 is 9.88 Å². The van der Waals surface area contributed by atoms with Gasteiger partial charge in [0.05, 0.1) is 0 Å². The standard InChI is InChI=1S/C14H13N3/c1-17-9-6-11-10-13(2-3-14(11)17)16-12-4-7-15-8-5-12/h2-10H,1H3,(H,15,16). The number of hydrogen-bond donors (Lipinski definition) is 1. The summed E-state index contributed by atoms with van der Waals surface area (Å²) in [6, 6.07) is 12.4. The highest BCUT2D eigenvalue weighted by Crippen LogP contribution is 2.22. The van der Waals surface area contributed by atoms with Crippen LogP contribution in [0.2, 0.25) is 0 Å². The molecular weight excluding hydrogens is 210 g/mol. The Hall–Kier alpha value is -2.29. The molecule has 84 valence electrons. The number of anilines is 2. The maximum absolute atomic E-state index is 4.00. The molecule has 0 amide bonds. The van der Waals surface area contributed by atoms with Crippen LogP contribution in [0.5, 0.6) is 0 Å². The first-order chi connectivity index (χ1) is 8.33. The van der Waals surface area contributed by atoms with E-state index in [9.17, 15) is 0 Å². The average Bonchev–Trinajstić information content (AvgIpc) is 2.72. The summed E-state index contributed by atoms with van der Waals surface area (Å²) in [5, 5.41) is 4.60. The van der Waals surface area contributed by atoms with Crippen LogP contribution in [0.4, 0.5) is 11.4 Å². The van der Waals surface area contributed by atoms with E-state index in [0.29, 0.717) is 0 Å². The second-order valence-corrected chi connectivity index (χ2v) is 4.06.